The highest BCUT2D eigenvalue weighted by molar-refractivity contribution is 7.10. The average molecular weight is 319 g/mol. The highest BCUT2D eigenvalue weighted by Gasteiger charge is 2.43. The zero-order valence-corrected chi connectivity index (χ0v) is 14.6. The standard InChI is InChI=1S/C17H25N3OS/c1-16(2,3)15(13-6-5-9-22-13)19-10-14(21)20-17(4,11-18)12-7-8-12/h5-6,9,12,15,19H,7-8,10H2,1-4H3,(H,20,21)/t15-,17+/m0/s1. The largest absolute Gasteiger partial charge is 0.337 e. The molecular weight excluding hydrogens is 294 g/mol. The molecule has 1 heterocycles. The molecule has 120 valence electrons. The van der Waals surface area contributed by atoms with E-state index in [9.17, 15) is 10.1 Å². The number of thiophene rings is 1. The summed E-state index contributed by atoms with van der Waals surface area (Å²) in [6.45, 7) is 8.52. The molecule has 5 heteroatoms. The smallest absolute Gasteiger partial charge is 0.235 e. The van der Waals surface area contributed by atoms with Crippen molar-refractivity contribution in [3.05, 3.63) is 22.4 Å². The lowest BCUT2D eigenvalue weighted by molar-refractivity contribution is -0.121. The first-order valence-corrected chi connectivity index (χ1v) is 8.63. The Morgan fingerprint density at radius 1 is 1.45 bits per heavy atom. The Morgan fingerprint density at radius 3 is 2.59 bits per heavy atom. The van der Waals surface area contributed by atoms with E-state index in [0.29, 0.717) is 5.92 Å². The molecule has 1 fully saturated rings. The van der Waals surface area contributed by atoms with Crippen LogP contribution in [0.3, 0.4) is 0 Å². The van der Waals surface area contributed by atoms with E-state index in [-0.39, 0.29) is 23.9 Å². The number of nitrogens with zero attached hydrogens (tertiary/aromatic N) is 1. The number of nitrogens with one attached hydrogen (secondary N) is 2. The lowest BCUT2D eigenvalue weighted by atomic mass is 9.86. The molecule has 0 unspecified atom stereocenters. The second-order valence-electron chi connectivity index (χ2n) is 7.33. The SMILES string of the molecule is CC(C)(C)[C@@H](NCC(=O)N[C@](C)(C#N)C1CC1)c1cccs1. The summed E-state index contributed by atoms with van der Waals surface area (Å²) < 4.78 is 0. The van der Waals surface area contributed by atoms with E-state index in [1.807, 2.05) is 13.0 Å². The van der Waals surface area contributed by atoms with Crippen molar-refractivity contribution in [2.75, 3.05) is 6.54 Å². The van der Waals surface area contributed by atoms with E-state index in [4.69, 9.17) is 0 Å². The summed E-state index contributed by atoms with van der Waals surface area (Å²) in [4.78, 5) is 13.5. The molecule has 1 aliphatic carbocycles. The first kappa shape index (κ1) is 17.0. The van der Waals surface area contributed by atoms with Crippen molar-refractivity contribution < 1.29 is 4.79 Å². The molecular formula is C17H25N3OS. The van der Waals surface area contributed by atoms with Crippen LogP contribution >= 0.6 is 11.3 Å². The van der Waals surface area contributed by atoms with Crippen LogP contribution in [-0.2, 0) is 4.79 Å². The maximum atomic E-state index is 12.2. The average Bonchev–Trinajstić information content (AvgIpc) is 3.16. The fourth-order valence-corrected chi connectivity index (χ4v) is 3.74. The van der Waals surface area contributed by atoms with Crippen LogP contribution in [0.2, 0.25) is 0 Å². The summed E-state index contributed by atoms with van der Waals surface area (Å²) in [5.41, 5.74) is -0.709. The van der Waals surface area contributed by atoms with Crippen LogP contribution in [0.4, 0.5) is 0 Å². The van der Waals surface area contributed by atoms with Gasteiger partial charge in [-0.1, -0.05) is 26.8 Å². The third kappa shape index (κ3) is 4.08. The van der Waals surface area contributed by atoms with Gasteiger partial charge in [0.05, 0.1) is 12.6 Å². The minimum Gasteiger partial charge on any atom is -0.337 e. The molecule has 0 bridgehead atoms. The number of amides is 1. The van der Waals surface area contributed by atoms with Crippen LogP contribution in [0.1, 0.15) is 51.5 Å². The third-order valence-electron chi connectivity index (χ3n) is 4.19. The second-order valence-corrected chi connectivity index (χ2v) is 8.31. The van der Waals surface area contributed by atoms with E-state index in [0.717, 1.165) is 12.8 Å². The fraction of sp³-hybridized carbons (Fsp3) is 0.647. The van der Waals surface area contributed by atoms with E-state index >= 15 is 0 Å². The molecule has 2 N–H and O–H groups in total. The summed E-state index contributed by atoms with van der Waals surface area (Å²) in [5.74, 6) is 0.193. The molecule has 1 aromatic heterocycles. The Morgan fingerprint density at radius 2 is 2.14 bits per heavy atom. The Kier molecular flexibility index (Phi) is 4.93. The van der Waals surface area contributed by atoms with Gasteiger partial charge in [0.15, 0.2) is 0 Å². The summed E-state index contributed by atoms with van der Waals surface area (Å²) in [7, 11) is 0. The zero-order valence-electron chi connectivity index (χ0n) is 13.8. The Bertz CT molecular complexity index is 551. The first-order chi connectivity index (χ1) is 10.3. The molecule has 2 atom stereocenters. The molecule has 0 aliphatic heterocycles. The molecule has 0 aromatic carbocycles. The Hall–Kier alpha value is -1.38. The lowest BCUT2D eigenvalue weighted by Gasteiger charge is -2.31. The summed E-state index contributed by atoms with van der Waals surface area (Å²) in [5, 5.41) is 17.6. The molecule has 4 nitrogen and oxygen atoms in total. The number of hydrogen-bond acceptors (Lipinski definition) is 4. The lowest BCUT2D eigenvalue weighted by Crippen LogP contribution is -2.50. The monoisotopic (exact) mass is 319 g/mol. The fourth-order valence-electron chi connectivity index (χ4n) is 2.70. The van der Waals surface area contributed by atoms with E-state index in [1.54, 1.807) is 11.3 Å². The van der Waals surface area contributed by atoms with Crippen LogP contribution in [0.25, 0.3) is 0 Å². The van der Waals surface area contributed by atoms with Crippen molar-refractivity contribution in [2.24, 2.45) is 11.3 Å². The van der Waals surface area contributed by atoms with Crippen LogP contribution in [0, 0.1) is 22.7 Å². The normalized spacial score (nSPS) is 19.0. The van der Waals surface area contributed by atoms with Gasteiger partial charge in [-0.2, -0.15) is 5.26 Å². The van der Waals surface area contributed by atoms with Crippen molar-refractivity contribution in [1.82, 2.24) is 10.6 Å². The minimum atomic E-state index is -0.723. The van der Waals surface area contributed by atoms with Crippen molar-refractivity contribution in [2.45, 2.75) is 52.1 Å². The van der Waals surface area contributed by atoms with Gasteiger partial charge in [0, 0.05) is 10.9 Å². The highest BCUT2D eigenvalue weighted by Crippen LogP contribution is 2.39. The molecule has 0 spiro atoms. The van der Waals surface area contributed by atoms with Crippen LogP contribution < -0.4 is 10.6 Å². The zero-order chi connectivity index (χ0) is 16.4. The van der Waals surface area contributed by atoms with Gasteiger partial charge in [0.2, 0.25) is 5.91 Å². The summed E-state index contributed by atoms with van der Waals surface area (Å²) in [6, 6.07) is 6.50. The van der Waals surface area contributed by atoms with Gasteiger partial charge in [-0.3, -0.25) is 4.79 Å². The summed E-state index contributed by atoms with van der Waals surface area (Å²) >= 11 is 1.70. The minimum absolute atomic E-state index is 0.0140. The molecule has 2 rings (SSSR count). The number of carbonyl (C=O) groups excluding carboxylic acids is 1. The van der Waals surface area contributed by atoms with Crippen LogP contribution in [0.5, 0.6) is 0 Å². The molecule has 1 aliphatic rings. The number of nitriles is 1. The van der Waals surface area contributed by atoms with Gasteiger partial charge < -0.3 is 10.6 Å². The van der Waals surface area contributed by atoms with Crippen molar-refractivity contribution >= 4 is 17.2 Å². The van der Waals surface area contributed by atoms with E-state index in [2.05, 4.69) is 48.9 Å². The van der Waals surface area contributed by atoms with E-state index in [1.165, 1.54) is 4.88 Å². The number of hydrogen-bond donors (Lipinski definition) is 2. The molecule has 1 saturated carbocycles. The predicted molar refractivity (Wildman–Crippen MR) is 89.4 cm³/mol. The predicted octanol–water partition coefficient (Wildman–Crippen LogP) is 3.23. The van der Waals surface area contributed by atoms with Gasteiger partial charge in [-0.05, 0) is 42.5 Å². The van der Waals surface area contributed by atoms with Crippen LogP contribution in [0.15, 0.2) is 17.5 Å². The van der Waals surface area contributed by atoms with Crippen LogP contribution in [-0.4, -0.2) is 18.0 Å². The van der Waals surface area contributed by atoms with Crippen molar-refractivity contribution in [3.8, 4) is 6.07 Å². The van der Waals surface area contributed by atoms with Gasteiger partial charge in [-0.15, -0.1) is 11.3 Å². The third-order valence-corrected chi connectivity index (χ3v) is 5.12. The van der Waals surface area contributed by atoms with Gasteiger partial charge in [-0.25, -0.2) is 0 Å². The quantitative estimate of drug-likeness (QED) is 0.846. The maximum Gasteiger partial charge on any atom is 0.235 e. The maximum absolute atomic E-state index is 12.2. The second kappa shape index (κ2) is 6.39. The van der Waals surface area contributed by atoms with Gasteiger partial charge in [0.25, 0.3) is 0 Å². The van der Waals surface area contributed by atoms with Gasteiger partial charge >= 0.3 is 0 Å². The number of rotatable bonds is 6. The highest BCUT2D eigenvalue weighted by atomic mass is 32.1. The first-order valence-electron chi connectivity index (χ1n) is 7.75. The van der Waals surface area contributed by atoms with Crippen molar-refractivity contribution in [1.29, 1.82) is 5.26 Å². The van der Waals surface area contributed by atoms with E-state index < -0.39 is 5.54 Å². The Labute approximate surface area is 136 Å². The van der Waals surface area contributed by atoms with Crippen molar-refractivity contribution in [3.63, 3.8) is 0 Å². The topological polar surface area (TPSA) is 64.9 Å². The molecule has 0 saturated heterocycles. The molecule has 1 aromatic rings. The molecule has 1 amide bonds. The molecule has 0 radical (unpaired) electrons. The number of carbonyl (C=O) groups is 1. The Balaban J connectivity index is 1.95. The summed E-state index contributed by atoms with van der Waals surface area (Å²) in [6.07, 6.45) is 2.05. The van der Waals surface area contributed by atoms with Gasteiger partial charge in [0.1, 0.15) is 5.54 Å². The molecule has 22 heavy (non-hydrogen) atoms.